The van der Waals surface area contributed by atoms with Crippen molar-refractivity contribution in [2.75, 3.05) is 0 Å². The van der Waals surface area contributed by atoms with Crippen LogP contribution in [0.25, 0.3) is 11.3 Å². The number of aromatic nitrogens is 2. The number of hydrogen-bond donors (Lipinski definition) is 1. The number of aromatic carboxylic acids is 1. The van der Waals surface area contributed by atoms with Gasteiger partial charge in [0.1, 0.15) is 0 Å². The maximum absolute atomic E-state index is 11.0. The molecular weight excluding hydrogens is 252 g/mol. The van der Waals surface area contributed by atoms with E-state index in [9.17, 15) is 4.79 Å². The Hall–Kier alpha value is -2.10. The van der Waals surface area contributed by atoms with Crippen molar-refractivity contribution in [3.05, 3.63) is 41.6 Å². The van der Waals surface area contributed by atoms with Crippen LogP contribution in [0.1, 0.15) is 47.7 Å². The standard InChI is InChI=1S/C16H18N2O2/c1-18-15(10-14(17-18)16(19)20)13-8-6-12(7-9-13)11-4-2-3-5-11/h6-11H,2-5H2,1H3,(H,19,20). The van der Waals surface area contributed by atoms with E-state index in [1.54, 1.807) is 17.8 Å². The average Bonchev–Trinajstić information content (AvgIpc) is 3.08. The number of carboxylic acids is 1. The number of hydrogen-bond acceptors (Lipinski definition) is 2. The van der Waals surface area contributed by atoms with E-state index >= 15 is 0 Å². The van der Waals surface area contributed by atoms with Crippen LogP contribution >= 0.6 is 0 Å². The number of carbonyl (C=O) groups is 1. The fraction of sp³-hybridized carbons (Fsp3) is 0.375. The van der Waals surface area contributed by atoms with Gasteiger partial charge in [-0.05, 0) is 36.0 Å². The molecule has 0 bridgehead atoms. The largest absolute Gasteiger partial charge is 0.476 e. The highest BCUT2D eigenvalue weighted by Crippen LogP contribution is 2.34. The Labute approximate surface area is 118 Å². The van der Waals surface area contributed by atoms with Crippen molar-refractivity contribution in [3.8, 4) is 11.3 Å². The second-order valence-corrected chi connectivity index (χ2v) is 5.45. The summed E-state index contributed by atoms with van der Waals surface area (Å²) in [5.41, 5.74) is 3.32. The van der Waals surface area contributed by atoms with Gasteiger partial charge in [-0.2, -0.15) is 5.10 Å². The first kappa shape index (κ1) is 12.9. The Kier molecular flexibility index (Phi) is 3.30. The summed E-state index contributed by atoms with van der Waals surface area (Å²) in [6.45, 7) is 0. The lowest BCUT2D eigenvalue weighted by molar-refractivity contribution is 0.0689. The van der Waals surface area contributed by atoms with Crippen LogP contribution < -0.4 is 0 Å². The van der Waals surface area contributed by atoms with E-state index in [1.165, 1.54) is 31.2 Å². The first-order chi connectivity index (χ1) is 9.65. The maximum atomic E-state index is 11.0. The minimum Gasteiger partial charge on any atom is -0.476 e. The normalized spacial score (nSPS) is 15.7. The van der Waals surface area contributed by atoms with Crippen molar-refractivity contribution in [1.29, 1.82) is 0 Å². The van der Waals surface area contributed by atoms with Crippen LogP contribution in [-0.4, -0.2) is 20.9 Å². The van der Waals surface area contributed by atoms with Gasteiger partial charge in [0.15, 0.2) is 5.69 Å². The summed E-state index contributed by atoms with van der Waals surface area (Å²) in [6, 6.07) is 10.1. The third-order valence-corrected chi connectivity index (χ3v) is 4.13. The quantitative estimate of drug-likeness (QED) is 0.929. The van der Waals surface area contributed by atoms with Gasteiger partial charge in [0.2, 0.25) is 0 Å². The molecule has 0 unspecified atom stereocenters. The molecule has 1 aliphatic rings. The smallest absolute Gasteiger partial charge is 0.356 e. The zero-order valence-corrected chi connectivity index (χ0v) is 11.5. The Bertz CT molecular complexity index is 622. The van der Waals surface area contributed by atoms with Gasteiger partial charge in [-0.15, -0.1) is 0 Å². The van der Waals surface area contributed by atoms with Crippen LogP contribution in [0, 0.1) is 0 Å². The molecule has 4 nitrogen and oxygen atoms in total. The summed E-state index contributed by atoms with van der Waals surface area (Å²) in [5, 5.41) is 13.0. The van der Waals surface area contributed by atoms with Crippen molar-refractivity contribution < 1.29 is 9.90 Å². The average molecular weight is 270 g/mol. The first-order valence-electron chi connectivity index (χ1n) is 7.03. The fourth-order valence-electron chi connectivity index (χ4n) is 3.03. The van der Waals surface area contributed by atoms with Crippen molar-refractivity contribution in [2.24, 2.45) is 7.05 Å². The van der Waals surface area contributed by atoms with Gasteiger partial charge in [0, 0.05) is 7.05 Å². The number of carboxylic acid groups (broad SMARTS) is 1. The van der Waals surface area contributed by atoms with E-state index in [0.29, 0.717) is 5.92 Å². The van der Waals surface area contributed by atoms with Crippen LogP contribution in [0.4, 0.5) is 0 Å². The molecule has 0 amide bonds. The highest BCUT2D eigenvalue weighted by Gasteiger charge is 2.17. The van der Waals surface area contributed by atoms with Gasteiger partial charge in [-0.1, -0.05) is 37.1 Å². The molecule has 2 aromatic rings. The molecule has 1 aliphatic carbocycles. The topological polar surface area (TPSA) is 55.1 Å². The van der Waals surface area contributed by atoms with Crippen molar-refractivity contribution in [3.63, 3.8) is 0 Å². The summed E-state index contributed by atoms with van der Waals surface area (Å²) in [7, 11) is 1.77. The highest BCUT2D eigenvalue weighted by atomic mass is 16.4. The maximum Gasteiger partial charge on any atom is 0.356 e. The van der Waals surface area contributed by atoms with Crippen LogP contribution in [-0.2, 0) is 7.05 Å². The van der Waals surface area contributed by atoms with Gasteiger partial charge in [-0.3, -0.25) is 4.68 Å². The fourth-order valence-corrected chi connectivity index (χ4v) is 3.03. The van der Waals surface area contributed by atoms with E-state index in [2.05, 4.69) is 29.4 Å². The van der Waals surface area contributed by atoms with Crippen molar-refractivity contribution in [2.45, 2.75) is 31.6 Å². The van der Waals surface area contributed by atoms with Crippen LogP contribution in [0.2, 0.25) is 0 Å². The second kappa shape index (κ2) is 5.12. The number of nitrogens with zero attached hydrogens (tertiary/aromatic N) is 2. The summed E-state index contributed by atoms with van der Waals surface area (Å²) in [4.78, 5) is 11.0. The zero-order chi connectivity index (χ0) is 14.1. The zero-order valence-electron chi connectivity index (χ0n) is 11.5. The summed E-state index contributed by atoms with van der Waals surface area (Å²) >= 11 is 0. The molecule has 1 heterocycles. The van der Waals surface area contributed by atoms with Crippen molar-refractivity contribution in [1.82, 2.24) is 9.78 Å². The van der Waals surface area contributed by atoms with E-state index in [4.69, 9.17) is 5.11 Å². The molecule has 1 aromatic heterocycles. The van der Waals surface area contributed by atoms with E-state index in [1.807, 2.05) is 0 Å². The van der Waals surface area contributed by atoms with Gasteiger partial charge < -0.3 is 5.11 Å². The Balaban J connectivity index is 1.88. The van der Waals surface area contributed by atoms with Crippen molar-refractivity contribution >= 4 is 5.97 Å². The minimum atomic E-state index is -0.991. The van der Waals surface area contributed by atoms with E-state index < -0.39 is 5.97 Å². The highest BCUT2D eigenvalue weighted by molar-refractivity contribution is 5.87. The van der Waals surface area contributed by atoms with E-state index in [-0.39, 0.29) is 5.69 Å². The lowest BCUT2D eigenvalue weighted by Gasteiger charge is -2.10. The monoisotopic (exact) mass is 270 g/mol. The van der Waals surface area contributed by atoms with Gasteiger partial charge >= 0.3 is 5.97 Å². The molecule has 1 N–H and O–H groups in total. The molecule has 0 atom stereocenters. The summed E-state index contributed by atoms with van der Waals surface area (Å²) in [5.74, 6) is -0.292. The molecule has 20 heavy (non-hydrogen) atoms. The molecule has 1 fully saturated rings. The molecule has 0 spiro atoms. The molecular formula is C16H18N2O2. The van der Waals surface area contributed by atoms with Gasteiger partial charge in [0.05, 0.1) is 5.69 Å². The Morgan fingerprint density at radius 3 is 2.45 bits per heavy atom. The summed E-state index contributed by atoms with van der Waals surface area (Å²) < 4.78 is 1.62. The molecule has 1 saturated carbocycles. The predicted octanol–water partition coefficient (Wildman–Crippen LogP) is 3.44. The lowest BCUT2D eigenvalue weighted by atomic mass is 9.96. The molecule has 0 radical (unpaired) electrons. The minimum absolute atomic E-state index is 0.0855. The molecule has 0 aliphatic heterocycles. The van der Waals surface area contributed by atoms with Crippen LogP contribution in [0.15, 0.2) is 30.3 Å². The van der Waals surface area contributed by atoms with Gasteiger partial charge in [-0.25, -0.2) is 4.79 Å². The summed E-state index contributed by atoms with van der Waals surface area (Å²) in [6.07, 6.45) is 5.23. The van der Waals surface area contributed by atoms with E-state index in [0.717, 1.165) is 11.3 Å². The Morgan fingerprint density at radius 1 is 1.25 bits per heavy atom. The molecule has 4 heteroatoms. The number of aryl methyl sites for hydroxylation is 1. The molecule has 104 valence electrons. The molecule has 0 saturated heterocycles. The third kappa shape index (κ3) is 2.33. The first-order valence-corrected chi connectivity index (χ1v) is 7.03. The Morgan fingerprint density at radius 2 is 1.90 bits per heavy atom. The SMILES string of the molecule is Cn1nc(C(=O)O)cc1-c1ccc(C2CCCC2)cc1. The third-order valence-electron chi connectivity index (χ3n) is 4.13. The number of rotatable bonds is 3. The molecule has 1 aromatic carbocycles. The lowest BCUT2D eigenvalue weighted by Crippen LogP contribution is -1.99. The van der Waals surface area contributed by atoms with Crippen LogP contribution in [0.5, 0.6) is 0 Å². The molecule has 3 rings (SSSR count). The van der Waals surface area contributed by atoms with Gasteiger partial charge in [0.25, 0.3) is 0 Å². The predicted molar refractivity (Wildman–Crippen MR) is 76.8 cm³/mol. The second-order valence-electron chi connectivity index (χ2n) is 5.45. The van der Waals surface area contributed by atoms with Crippen LogP contribution in [0.3, 0.4) is 0 Å². The number of benzene rings is 1.